The molecule has 1 heterocycles. The monoisotopic (exact) mass is 249 g/mol. The van der Waals surface area contributed by atoms with Crippen LogP contribution in [0, 0.1) is 0 Å². The molecular weight excluding hydrogens is 226 g/mol. The number of rotatable bonds is 4. The van der Waals surface area contributed by atoms with Crippen LogP contribution in [0.4, 0.5) is 5.69 Å². The first kappa shape index (κ1) is 13.3. The number of hydrogen-bond acceptors (Lipinski definition) is 4. The van der Waals surface area contributed by atoms with Crippen LogP contribution in [0.5, 0.6) is 0 Å². The maximum absolute atomic E-state index is 9.35. The fourth-order valence-corrected chi connectivity index (χ4v) is 2.53. The number of benzene rings is 1. The Morgan fingerprint density at radius 3 is 2.67 bits per heavy atom. The van der Waals surface area contributed by atoms with E-state index >= 15 is 0 Å². The highest BCUT2D eigenvalue weighted by Crippen LogP contribution is 2.16. The third-order valence-electron chi connectivity index (χ3n) is 3.85. The summed E-state index contributed by atoms with van der Waals surface area (Å²) in [7, 11) is 2.16. The molecule has 1 aromatic carbocycles. The number of hydroxylamine groups is 2. The van der Waals surface area contributed by atoms with Gasteiger partial charge in [-0.3, -0.25) is 0 Å². The summed E-state index contributed by atoms with van der Waals surface area (Å²) < 4.78 is 0. The Balaban J connectivity index is 1.81. The summed E-state index contributed by atoms with van der Waals surface area (Å²) in [6.07, 6.45) is 3.07. The summed E-state index contributed by atoms with van der Waals surface area (Å²) >= 11 is 0. The molecule has 0 unspecified atom stereocenters. The summed E-state index contributed by atoms with van der Waals surface area (Å²) in [5.74, 6) is 0. The van der Waals surface area contributed by atoms with Crippen molar-refractivity contribution in [2.75, 3.05) is 32.4 Å². The average molecular weight is 249 g/mol. The van der Waals surface area contributed by atoms with Crippen molar-refractivity contribution < 1.29 is 5.21 Å². The highest BCUT2D eigenvalue weighted by atomic mass is 16.5. The lowest BCUT2D eigenvalue weighted by atomic mass is 10.0. The molecule has 1 fully saturated rings. The Kier molecular flexibility index (Phi) is 4.58. The van der Waals surface area contributed by atoms with Crippen LogP contribution in [0.25, 0.3) is 0 Å². The second-order valence-electron chi connectivity index (χ2n) is 5.11. The molecule has 0 radical (unpaired) electrons. The topological polar surface area (TPSA) is 52.7 Å². The van der Waals surface area contributed by atoms with Gasteiger partial charge in [0.15, 0.2) is 0 Å². The molecule has 0 saturated carbocycles. The van der Waals surface area contributed by atoms with E-state index in [2.05, 4.69) is 18.0 Å². The number of nitrogen functional groups attached to an aromatic ring is 1. The van der Waals surface area contributed by atoms with Crippen LogP contribution in [-0.2, 0) is 6.42 Å². The summed E-state index contributed by atoms with van der Waals surface area (Å²) in [6.45, 7) is 2.58. The molecular formula is C14H23N3O. The highest BCUT2D eigenvalue weighted by Gasteiger charge is 2.21. The summed E-state index contributed by atoms with van der Waals surface area (Å²) in [6, 6.07) is 8.65. The molecule has 0 aliphatic carbocycles. The molecule has 100 valence electrons. The van der Waals surface area contributed by atoms with E-state index in [1.54, 1.807) is 0 Å². The molecule has 0 bridgehead atoms. The highest BCUT2D eigenvalue weighted by molar-refractivity contribution is 5.46. The minimum Gasteiger partial charge on any atom is -0.399 e. The second kappa shape index (κ2) is 6.18. The molecule has 0 atom stereocenters. The molecule has 0 spiro atoms. The molecule has 1 aromatic rings. The zero-order valence-corrected chi connectivity index (χ0v) is 11.0. The predicted octanol–water partition coefficient (Wildman–Crippen LogP) is 1.60. The van der Waals surface area contributed by atoms with Gasteiger partial charge in [-0.1, -0.05) is 18.2 Å². The Labute approximate surface area is 109 Å². The molecule has 1 aliphatic rings. The minimum atomic E-state index is 0.582. The molecule has 4 heteroatoms. The minimum absolute atomic E-state index is 0.582. The van der Waals surface area contributed by atoms with Crippen LogP contribution in [0.3, 0.4) is 0 Å². The van der Waals surface area contributed by atoms with E-state index in [0.29, 0.717) is 6.04 Å². The fraction of sp³-hybridized carbons (Fsp3) is 0.571. The van der Waals surface area contributed by atoms with Crippen molar-refractivity contribution in [2.24, 2.45) is 0 Å². The largest absolute Gasteiger partial charge is 0.399 e. The molecule has 0 amide bonds. The van der Waals surface area contributed by atoms with Gasteiger partial charge in [-0.05, 0) is 37.9 Å². The van der Waals surface area contributed by atoms with Gasteiger partial charge in [0.1, 0.15) is 0 Å². The van der Waals surface area contributed by atoms with Crippen molar-refractivity contribution in [1.29, 1.82) is 0 Å². The van der Waals surface area contributed by atoms with Crippen molar-refractivity contribution in [3.05, 3.63) is 29.8 Å². The van der Waals surface area contributed by atoms with Gasteiger partial charge in [0.05, 0.1) is 0 Å². The van der Waals surface area contributed by atoms with Crippen molar-refractivity contribution in [3.8, 4) is 0 Å². The first-order valence-corrected chi connectivity index (χ1v) is 6.64. The first-order valence-electron chi connectivity index (χ1n) is 6.64. The van der Waals surface area contributed by atoms with E-state index in [4.69, 9.17) is 5.73 Å². The summed E-state index contributed by atoms with van der Waals surface area (Å²) in [4.78, 5) is 2.39. The van der Waals surface area contributed by atoms with Crippen LogP contribution < -0.4 is 5.73 Å². The van der Waals surface area contributed by atoms with Gasteiger partial charge in [0.25, 0.3) is 0 Å². The Morgan fingerprint density at radius 2 is 2.00 bits per heavy atom. The molecule has 18 heavy (non-hydrogen) atoms. The quantitative estimate of drug-likeness (QED) is 0.796. The van der Waals surface area contributed by atoms with Gasteiger partial charge >= 0.3 is 0 Å². The average Bonchev–Trinajstić information content (AvgIpc) is 2.38. The number of nitrogens with two attached hydrogens (primary N) is 1. The maximum atomic E-state index is 9.35. The number of hydrogen-bond donors (Lipinski definition) is 2. The van der Waals surface area contributed by atoms with E-state index < -0.39 is 0 Å². The van der Waals surface area contributed by atoms with Crippen LogP contribution >= 0.6 is 0 Å². The summed E-state index contributed by atoms with van der Waals surface area (Å²) in [5, 5.41) is 10.8. The van der Waals surface area contributed by atoms with Crippen LogP contribution in [0.2, 0.25) is 0 Å². The lowest BCUT2D eigenvalue weighted by Gasteiger charge is -2.34. The van der Waals surface area contributed by atoms with Crippen LogP contribution in [-0.4, -0.2) is 47.9 Å². The van der Waals surface area contributed by atoms with Gasteiger partial charge in [0, 0.05) is 31.4 Å². The fourth-order valence-electron chi connectivity index (χ4n) is 2.53. The van der Waals surface area contributed by atoms with Crippen molar-refractivity contribution in [1.82, 2.24) is 9.96 Å². The Morgan fingerprint density at radius 1 is 1.33 bits per heavy atom. The van der Waals surface area contributed by atoms with Gasteiger partial charge in [-0.2, -0.15) is 5.06 Å². The van der Waals surface area contributed by atoms with Crippen LogP contribution in [0.1, 0.15) is 18.4 Å². The van der Waals surface area contributed by atoms with Gasteiger partial charge < -0.3 is 15.8 Å². The third kappa shape index (κ3) is 3.45. The standard InChI is InChI=1S/C14H23N3O/c1-16(13-7-10-17(18)11-8-13)9-6-12-4-2-3-5-14(12)15/h2-5,13,18H,6-11,15H2,1H3. The molecule has 0 aromatic heterocycles. The Hall–Kier alpha value is -1.10. The van der Waals surface area contributed by atoms with Crippen molar-refractivity contribution in [2.45, 2.75) is 25.3 Å². The third-order valence-corrected chi connectivity index (χ3v) is 3.85. The van der Waals surface area contributed by atoms with E-state index in [-0.39, 0.29) is 0 Å². The van der Waals surface area contributed by atoms with Crippen molar-refractivity contribution in [3.63, 3.8) is 0 Å². The van der Waals surface area contributed by atoms with Gasteiger partial charge in [0.2, 0.25) is 0 Å². The molecule has 2 rings (SSSR count). The number of piperidine rings is 1. The summed E-state index contributed by atoms with van der Waals surface area (Å²) in [5.41, 5.74) is 8.06. The number of nitrogens with zero attached hydrogens (tertiary/aromatic N) is 2. The zero-order valence-electron chi connectivity index (χ0n) is 11.0. The lowest BCUT2D eigenvalue weighted by Crippen LogP contribution is -2.42. The SMILES string of the molecule is CN(CCc1ccccc1N)C1CCN(O)CC1. The lowest BCUT2D eigenvalue weighted by molar-refractivity contribution is -0.114. The second-order valence-corrected chi connectivity index (χ2v) is 5.11. The van der Waals surface area contributed by atoms with E-state index in [1.165, 1.54) is 10.6 Å². The number of likely N-dealkylation sites (N-methyl/N-ethyl adjacent to an activating group) is 1. The molecule has 1 aliphatic heterocycles. The number of para-hydroxylation sites is 1. The first-order chi connectivity index (χ1) is 8.66. The van der Waals surface area contributed by atoms with E-state index in [1.807, 2.05) is 18.2 Å². The predicted molar refractivity (Wildman–Crippen MR) is 73.6 cm³/mol. The maximum Gasteiger partial charge on any atom is 0.0347 e. The van der Waals surface area contributed by atoms with Crippen LogP contribution in [0.15, 0.2) is 24.3 Å². The van der Waals surface area contributed by atoms with Crippen molar-refractivity contribution >= 4 is 5.69 Å². The van der Waals surface area contributed by atoms with Gasteiger partial charge in [-0.15, -0.1) is 0 Å². The zero-order chi connectivity index (χ0) is 13.0. The van der Waals surface area contributed by atoms with E-state index in [0.717, 1.165) is 44.6 Å². The van der Waals surface area contributed by atoms with E-state index in [9.17, 15) is 5.21 Å². The van der Waals surface area contributed by atoms with Gasteiger partial charge in [-0.25, -0.2) is 0 Å². The Bertz CT molecular complexity index is 375. The number of anilines is 1. The smallest absolute Gasteiger partial charge is 0.0347 e. The molecule has 1 saturated heterocycles. The normalized spacial score (nSPS) is 18.4. The molecule has 4 nitrogen and oxygen atoms in total. The molecule has 3 N–H and O–H groups in total.